The zero-order valence-corrected chi connectivity index (χ0v) is 10.8. The van der Waals surface area contributed by atoms with Gasteiger partial charge in [-0.2, -0.15) is 0 Å². The van der Waals surface area contributed by atoms with Gasteiger partial charge in [0.1, 0.15) is 0 Å². The molecule has 1 aromatic rings. The summed E-state index contributed by atoms with van der Waals surface area (Å²) < 4.78 is 0. The summed E-state index contributed by atoms with van der Waals surface area (Å²) in [6.07, 6.45) is -0.368. The molecule has 1 N–H and O–H groups in total. The van der Waals surface area contributed by atoms with Crippen molar-refractivity contribution in [3.63, 3.8) is 0 Å². The second-order valence-corrected chi connectivity index (χ2v) is 4.83. The van der Waals surface area contributed by atoms with Gasteiger partial charge in [0.25, 0.3) is 0 Å². The molecular formula is C13H18ClN2O. The Morgan fingerprint density at radius 2 is 2.00 bits per heavy atom. The van der Waals surface area contributed by atoms with Crippen molar-refractivity contribution < 1.29 is 5.11 Å². The first kappa shape index (κ1) is 12.7. The number of piperazine rings is 1. The van der Waals surface area contributed by atoms with Crippen molar-refractivity contribution in [1.29, 1.82) is 0 Å². The highest BCUT2D eigenvalue weighted by Crippen LogP contribution is 2.21. The van der Waals surface area contributed by atoms with E-state index in [-0.39, 0.29) is 6.10 Å². The molecule has 0 aromatic heterocycles. The number of aliphatic hydroxyl groups is 1. The summed E-state index contributed by atoms with van der Waals surface area (Å²) in [6, 6.07) is 7.95. The molecule has 0 amide bonds. The maximum absolute atomic E-state index is 9.30. The van der Waals surface area contributed by atoms with Crippen LogP contribution in [0.15, 0.2) is 24.3 Å². The van der Waals surface area contributed by atoms with Crippen LogP contribution in [0.2, 0.25) is 5.02 Å². The van der Waals surface area contributed by atoms with E-state index in [0.29, 0.717) is 0 Å². The molecule has 0 aliphatic carbocycles. The van der Waals surface area contributed by atoms with Crippen molar-refractivity contribution in [2.45, 2.75) is 13.0 Å². The van der Waals surface area contributed by atoms with Gasteiger partial charge >= 0.3 is 0 Å². The highest BCUT2D eigenvalue weighted by atomic mass is 35.5. The van der Waals surface area contributed by atoms with E-state index in [9.17, 15) is 5.11 Å². The topological polar surface area (TPSA) is 26.7 Å². The molecule has 1 aromatic carbocycles. The first-order valence-corrected chi connectivity index (χ1v) is 6.30. The van der Waals surface area contributed by atoms with Crippen LogP contribution in [0.3, 0.4) is 0 Å². The maximum atomic E-state index is 9.30. The summed E-state index contributed by atoms with van der Waals surface area (Å²) in [6.45, 7) is 7.47. The molecule has 17 heavy (non-hydrogen) atoms. The van der Waals surface area contributed by atoms with Crippen LogP contribution >= 0.6 is 11.6 Å². The number of aliphatic hydroxyl groups excluding tert-OH is 1. The molecule has 1 unspecified atom stereocenters. The molecule has 1 fully saturated rings. The molecule has 1 saturated heterocycles. The Morgan fingerprint density at radius 1 is 1.29 bits per heavy atom. The van der Waals surface area contributed by atoms with Gasteiger partial charge in [0, 0.05) is 36.9 Å². The molecule has 1 radical (unpaired) electrons. The summed E-state index contributed by atoms with van der Waals surface area (Å²) >= 11 is 5.99. The van der Waals surface area contributed by atoms with Gasteiger partial charge < -0.3 is 10.0 Å². The van der Waals surface area contributed by atoms with E-state index in [1.807, 2.05) is 24.7 Å². The molecule has 93 valence electrons. The number of anilines is 1. The van der Waals surface area contributed by atoms with Crippen LogP contribution < -0.4 is 4.90 Å². The molecule has 1 atom stereocenters. The fourth-order valence-corrected chi connectivity index (χ4v) is 2.29. The molecule has 0 spiro atoms. The first-order valence-electron chi connectivity index (χ1n) is 5.93. The monoisotopic (exact) mass is 253 g/mol. The lowest BCUT2D eigenvalue weighted by Crippen LogP contribution is -2.46. The minimum atomic E-state index is -0.368. The number of benzene rings is 1. The largest absolute Gasteiger partial charge is 0.392 e. The normalized spacial score (nSPS) is 19.4. The number of hydrogen-bond donors (Lipinski definition) is 1. The van der Waals surface area contributed by atoms with Crippen LogP contribution in [-0.4, -0.2) is 42.3 Å². The Kier molecular flexibility index (Phi) is 4.26. The summed E-state index contributed by atoms with van der Waals surface area (Å²) in [5.41, 5.74) is 1.18. The molecular weight excluding hydrogens is 236 g/mol. The third-order valence-electron chi connectivity index (χ3n) is 2.91. The highest BCUT2D eigenvalue weighted by Gasteiger charge is 2.18. The molecule has 1 heterocycles. The Hall–Kier alpha value is -0.770. The highest BCUT2D eigenvalue weighted by molar-refractivity contribution is 6.30. The third kappa shape index (κ3) is 3.60. The second kappa shape index (κ2) is 5.71. The quantitative estimate of drug-likeness (QED) is 0.893. The van der Waals surface area contributed by atoms with Gasteiger partial charge in [0.05, 0.1) is 12.6 Å². The fraction of sp³-hybridized carbons (Fsp3) is 0.462. The molecule has 2 rings (SSSR count). The SMILES string of the molecule is CC(O)[CH]N1CCN(c2cccc(Cl)c2)CC1. The van der Waals surface area contributed by atoms with Crippen molar-refractivity contribution in [3.8, 4) is 0 Å². The fourth-order valence-electron chi connectivity index (χ4n) is 2.11. The Labute approximate surface area is 108 Å². The molecule has 0 bridgehead atoms. The predicted octanol–water partition coefficient (Wildman–Crippen LogP) is 2.00. The average Bonchev–Trinajstić information content (AvgIpc) is 2.29. The molecule has 4 heteroatoms. The first-order chi connectivity index (χ1) is 8.15. The van der Waals surface area contributed by atoms with Crippen LogP contribution in [0.4, 0.5) is 5.69 Å². The van der Waals surface area contributed by atoms with E-state index in [1.165, 1.54) is 5.69 Å². The van der Waals surface area contributed by atoms with E-state index in [0.717, 1.165) is 31.2 Å². The van der Waals surface area contributed by atoms with Crippen LogP contribution in [0, 0.1) is 6.54 Å². The van der Waals surface area contributed by atoms with E-state index < -0.39 is 0 Å². The third-order valence-corrected chi connectivity index (χ3v) is 3.15. The van der Waals surface area contributed by atoms with Gasteiger partial charge in [-0.05, 0) is 25.1 Å². The lowest BCUT2D eigenvalue weighted by Gasteiger charge is -2.36. The second-order valence-electron chi connectivity index (χ2n) is 4.39. The summed E-state index contributed by atoms with van der Waals surface area (Å²) in [5, 5.41) is 10.1. The van der Waals surface area contributed by atoms with Gasteiger partial charge in [-0.1, -0.05) is 17.7 Å². The number of nitrogens with zero attached hydrogens (tertiary/aromatic N) is 2. The Balaban J connectivity index is 1.91. The average molecular weight is 254 g/mol. The van der Waals surface area contributed by atoms with Gasteiger partial charge in [-0.25, -0.2) is 0 Å². The smallest absolute Gasteiger partial charge is 0.0683 e. The zero-order valence-electron chi connectivity index (χ0n) is 10.0. The van der Waals surface area contributed by atoms with Crippen LogP contribution in [0.25, 0.3) is 0 Å². The van der Waals surface area contributed by atoms with E-state index in [1.54, 1.807) is 6.92 Å². The number of hydrogen-bond acceptors (Lipinski definition) is 3. The summed E-state index contributed by atoms with van der Waals surface area (Å²) in [5.74, 6) is 0. The van der Waals surface area contributed by atoms with Crippen molar-refractivity contribution in [2.24, 2.45) is 0 Å². The van der Waals surface area contributed by atoms with Crippen molar-refractivity contribution in [2.75, 3.05) is 31.1 Å². The minimum absolute atomic E-state index is 0.368. The van der Waals surface area contributed by atoms with E-state index >= 15 is 0 Å². The summed E-state index contributed by atoms with van der Waals surface area (Å²) in [7, 11) is 0. The number of halogens is 1. The molecule has 1 aliphatic heterocycles. The Bertz CT molecular complexity index is 362. The van der Waals surface area contributed by atoms with Crippen molar-refractivity contribution in [1.82, 2.24) is 4.90 Å². The number of rotatable bonds is 3. The van der Waals surface area contributed by atoms with Crippen LogP contribution in [-0.2, 0) is 0 Å². The van der Waals surface area contributed by atoms with Crippen molar-refractivity contribution >= 4 is 17.3 Å². The van der Waals surface area contributed by atoms with Gasteiger partial charge in [0.2, 0.25) is 0 Å². The van der Waals surface area contributed by atoms with Crippen molar-refractivity contribution in [3.05, 3.63) is 35.8 Å². The zero-order chi connectivity index (χ0) is 12.3. The predicted molar refractivity (Wildman–Crippen MR) is 71.2 cm³/mol. The Morgan fingerprint density at radius 3 is 2.59 bits per heavy atom. The van der Waals surface area contributed by atoms with E-state index in [2.05, 4.69) is 15.9 Å². The summed E-state index contributed by atoms with van der Waals surface area (Å²) in [4.78, 5) is 4.49. The van der Waals surface area contributed by atoms with E-state index in [4.69, 9.17) is 11.6 Å². The lowest BCUT2D eigenvalue weighted by atomic mass is 10.2. The molecule has 0 saturated carbocycles. The maximum Gasteiger partial charge on any atom is 0.0683 e. The lowest BCUT2D eigenvalue weighted by molar-refractivity contribution is 0.166. The van der Waals surface area contributed by atoms with Gasteiger partial charge in [-0.15, -0.1) is 0 Å². The van der Waals surface area contributed by atoms with Gasteiger partial charge in [-0.3, -0.25) is 4.90 Å². The molecule has 1 aliphatic rings. The standard InChI is InChI=1S/C13H18ClN2O/c1-11(17)10-15-5-7-16(8-6-15)13-4-2-3-12(14)9-13/h2-4,9-11,17H,5-8H2,1H3. The minimum Gasteiger partial charge on any atom is -0.392 e. The van der Waals surface area contributed by atoms with Crippen LogP contribution in [0.5, 0.6) is 0 Å². The van der Waals surface area contributed by atoms with Crippen LogP contribution in [0.1, 0.15) is 6.92 Å². The van der Waals surface area contributed by atoms with Gasteiger partial charge in [0.15, 0.2) is 0 Å². The molecule has 3 nitrogen and oxygen atoms in total.